The van der Waals surface area contributed by atoms with E-state index >= 15 is 0 Å². The van der Waals surface area contributed by atoms with Crippen molar-refractivity contribution >= 4 is 17.5 Å². The minimum Gasteiger partial charge on any atom is -0.497 e. The molecule has 0 fully saturated rings. The third-order valence-corrected chi connectivity index (χ3v) is 4.40. The molecule has 0 saturated carbocycles. The van der Waals surface area contributed by atoms with Crippen LogP contribution in [0.5, 0.6) is 5.75 Å². The van der Waals surface area contributed by atoms with Gasteiger partial charge in [0, 0.05) is 31.0 Å². The largest absolute Gasteiger partial charge is 0.497 e. The normalized spacial score (nSPS) is 10.2. The molecule has 0 bridgehead atoms. The molecule has 29 heavy (non-hydrogen) atoms. The molecule has 0 spiro atoms. The lowest BCUT2D eigenvalue weighted by Crippen LogP contribution is -2.23. The Balaban J connectivity index is 1.44. The molecule has 6 nitrogen and oxygen atoms in total. The van der Waals surface area contributed by atoms with Crippen LogP contribution in [-0.4, -0.2) is 23.9 Å². The van der Waals surface area contributed by atoms with Gasteiger partial charge in [-0.1, -0.05) is 24.3 Å². The fourth-order valence-electron chi connectivity index (χ4n) is 2.78. The lowest BCUT2D eigenvalue weighted by Gasteiger charge is -2.08. The highest BCUT2D eigenvalue weighted by Gasteiger charge is 2.06. The Morgan fingerprint density at radius 1 is 1.00 bits per heavy atom. The molecule has 2 N–H and O–H groups in total. The zero-order chi connectivity index (χ0) is 20.5. The van der Waals surface area contributed by atoms with Gasteiger partial charge in [0.25, 0.3) is 5.91 Å². The number of carbonyl (C=O) groups is 2. The third-order valence-electron chi connectivity index (χ3n) is 4.40. The van der Waals surface area contributed by atoms with E-state index in [9.17, 15) is 9.59 Å². The number of rotatable bonds is 8. The smallest absolute Gasteiger partial charge is 0.257 e. The molecule has 0 saturated heterocycles. The van der Waals surface area contributed by atoms with Crippen molar-refractivity contribution in [2.75, 3.05) is 12.4 Å². The Hall–Kier alpha value is -3.67. The van der Waals surface area contributed by atoms with Gasteiger partial charge in [0.15, 0.2) is 0 Å². The molecule has 1 aromatic heterocycles. The van der Waals surface area contributed by atoms with E-state index in [4.69, 9.17) is 4.74 Å². The van der Waals surface area contributed by atoms with Crippen LogP contribution in [-0.2, 0) is 17.8 Å². The van der Waals surface area contributed by atoms with Gasteiger partial charge in [0.05, 0.1) is 12.7 Å². The Kier molecular flexibility index (Phi) is 6.95. The highest BCUT2D eigenvalue weighted by atomic mass is 16.5. The maximum Gasteiger partial charge on any atom is 0.257 e. The first kappa shape index (κ1) is 20.1. The summed E-state index contributed by atoms with van der Waals surface area (Å²) in [6.07, 6.45) is 4.20. The van der Waals surface area contributed by atoms with Crippen LogP contribution >= 0.6 is 0 Å². The molecule has 6 heteroatoms. The first-order chi connectivity index (χ1) is 14.1. The summed E-state index contributed by atoms with van der Waals surface area (Å²) < 4.78 is 5.20. The van der Waals surface area contributed by atoms with Gasteiger partial charge < -0.3 is 15.4 Å². The molecule has 1 heterocycles. The topological polar surface area (TPSA) is 80.3 Å². The van der Waals surface area contributed by atoms with Gasteiger partial charge in [-0.2, -0.15) is 0 Å². The second kappa shape index (κ2) is 10.0. The maximum absolute atomic E-state index is 12.1. The summed E-state index contributed by atoms with van der Waals surface area (Å²) >= 11 is 0. The average molecular weight is 389 g/mol. The molecule has 0 aliphatic heterocycles. The third kappa shape index (κ3) is 6.17. The zero-order valence-corrected chi connectivity index (χ0v) is 16.2. The molecule has 2 amide bonds. The molecular formula is C23H23N3O3. The van der Waals surface area contributed by atoms with E-state index in [0.717, 1.165) is 16.9 Å². The molecule has 0 radical (unpaired) electrons. The van der Waals surface area contributed by atoms with Crippen LogP contribution in [0.3, 0.4) is 0 Å². The fraction of sp³-hybridized carbons (Fsp3) is 0.174. The van der Waals surface area contributed by atoms with E-state index in [0.29, 0.717) is 30.6 Å². The van der Waals surface area contributed by atoms with Gasteiger partial charge in [-0.3, -0.25) is 14.6 Å². The quantitative estimate of drug-likeness (QED) is 0.617. The van der Waals surface area contributed by atoms with Gasteiger partial charge in [0.1, 0.15) is 5.75 Å². The van der Waals surface area contributed by atoms with Crippen LogP contribution in [0.4, 0.5) is 5.69 Å². The minimum atomic E-state index is -0.211. The second-order valence-electron chi connectivity index (χ2n) is 6.52. The summed E-state index contributed by atoms with van der Waals surface area (Å²) in [7, 11) is 1.63. The van der Waals surface area contributed by atoms with Gasteiger partial charge >= 0.3 is 0 Å². The second-order valence-corrected chi connectivity index (χ2v) is 6.52. The van der Waals surface area contributed by atoms with Crippen LogP contribution in [0, 0.1) is 0 Å². The standard InChI is InChI=1S/C23H23N3O3/c1-29-21-6-2-4-17(14-21)9-12-22(27)25-15-18-7-10-20(11-8-18)26-23(28)19-5-3-13-24-16-19/h2-8,10-11,13-14,16H,9,12,15H2,1H3,(H,25,27)(H,26,28). The van der Waals surface area contributed by atoms with Crippen molar-refractivity contribution in [2.45, 2.75) is 19.4 Å². The van der Waals surface area contributed by atoms with Crippen molar-refractivity contribution in [3.05, 3.63) is 89.7 Å². The average Bonchev–Trinajstić information content (AvgIpc) is 2.78. The van der Waals surface area contributed by atoms with E-state index < -0.39 is 0 Å². The molecule has 0 aliphatic rings. The zero-order valence-electron chi connectivity index (χ0n) is 16.2. The lowest BCUT2D eigenvalue weighted by atomic mass is 10.1. The molecule has 2 aromatic carbocycles. The lowest BCUT2D eigenvalue weighted by molar-refractivity contribution is -0.121. The van der Waals surface area contributed by atoms with Gasteiger partial charge in [-0.15, -0.1) is 0 Å². The summed E-state index contributed by atoms with van der Waals surface area (Å²) in [5, 5.41) is 5.74. The molecule has 3 aromatic rings. The summed E-state index contributed by atoms with van der Waals surface area (Å²) in [6, 6.07) is 18.5. The van der Waals surface area contributed by atoms with Gasteiger partial charge in [0.2, 0.25) is 5.91 Å². The minimum absolute atomic E-state index is 0.0122. The van der Waals surface area contributed by atoms with Gasteiger partial charge in [-0.25, -0.2) is 0 Å². The van der Waals surface area contributed by atoms with Crippen molar-refractivity contribution < 1.29 is 14.3 Å². The number of ether oxygens (including phenoxy) is 1. The summed E-state index contributed by atoms with van der Waals surface area (Å²) in [4.78, 5) is 28.2. The van der Waals surface area contributed by atoms with E-state index in [2.05, 4.69) is 15.6 Å². The van der Waals surface area contributed by atoms with Crippen molar-refractivity contribution in [1.29, 1.82) is 0 Å². The predicted octanol–water partition coefficient (Wildman–Crippen LogP) is 3.59. The molecule has 0 unspecified atom stereocenters. The number of hydrogen-bond acceptors (Lipinski definition) is 4. The Labute approximate surface area is 169 Å². The number of carbonyl (C=O) groups excluding carboxylic acids is 2. The highest BCUT2D eigenvalue weighted by molar-refractivity contribution is 6.04. The van der Waals surface area contributed by atoms with Crippen molar-refractivity contribution in [1.82, 2.24) is 10.3 Å². The summed E-state index contributed by atoms with van der Waals surface area (Å²) in [5.41, 5.74) is 3.21. The number of pyridine rings is 1. The highest BCUT2D eigenvalue weighted by Crippen LogP contribution is 2.14. The number of benzene rings is 2. The molecular weight excluding hydrogens is 366 g/mol. The van der Waals surface area contributed by atoms with E-state index in [1.807, 2.05) is 48.5 Å². The summed E-state index contributed by atoms with van der Waals surface area (Å²) in [6.45, 7) is 0.438. The first-order valence-corrected chi connectivity index (χ1v) is 9.34. The Morgan fingerprint density at radius 2 is 1.83 bits per heavy atom. The fourth-order valence-corrected chi connectivity index (χ4v) is 2.78. The van der Waals surface area contributed by atoms with Crippen LogP contribution in [0.2, 0.25) is 0 Å². The number of aromatic nitrogens is 1. The summed E-state index contributed by atoms with van der Waals surface area (Å²) in [5.74, 6) is 0.567. The number of methoxy groups -OCH3 is 1. The van der Waals surface area contributed by atoms with Crippen molar-refractivity contribution in [2.24, 2.45) is 0 Å². The number of nitrogens with one attached hydrogen (secondary N) is 2. The maximum atomic E-state index is 12.1. The van der Waals surface area contributed by atoms with Crippen LogP contribution < -0.4 is 15.4 Å². The van der Waals surface area contributed by atoms with E-state index in [1.54, 1.807) is 25.4 Å². The first-order valence-electron chi connectivity index (χ1n) is 9.34. The SMILES string of the molecule is COc1cccc(CCC(=O)NCc2ccc(NC(=O)c3cccnc3)cc2)c1. The Bertz CT molecular complexity index is 957. The van der Waals surface area contributed by atoms with Crippen LogP contribution in [0.25, 0.3) is 0 Å². The van der Waals surface area contributed by atoms with Crippen LogP contribution in [0.1, 0.15) is 27.9 Å². The van der Waals surface area contributed by atoms with E-state index in [1.165, 1.54) is 6.20 Å². The number of anilines is 1. The molecule has 0 aliphatic carbocycles. The van der Waals surface area contributed by atoms with Crippen LogP contribution in [0.15, 0.2) is 73.1 Å². The predicted molar refractivity (Wildman–Crippen MR) is 112 cm³/mol. The number of nitrogens with zero attached hydrogens (tertiary/aromatic N) is 1. The Morgan fingerprint density at radius 3 is 2.55 bits per heavy atom. The van der Waals surface area contributed by atoms with E-state index in [-0.39, 0.29) is 11.8 Å². The van der Waals surface area contributed by atoms with Crippen molar-refractivity contribution in [3.8, 4) is 5.75 Å². The number of hydrogen-bond donors (Lipinski definition) is 2. The van der Waals surface area contributed by atoms with Gasteiger partial charge in [-0.05, 0) is 53.9 Å². The molecule has 0 atom stereocenters. The molecule has 148 valence electrons. The number of amides is 2. The monoisotopic (exact) mass is 389 g/mol. The van der Waals surface area contributed by atoms with Crippen molar-refractivity contribution in [3.63, 3.8) is 0 Å². The number of aryl methyl sites for hydroxylation is 1. The molecule has 3 rings (SSSR count).